The average Bonchev–Trinajstić information content (AvgIpc) is 2.52. The fraction of sp³-hybridized carbons (Fsp3) is 0.250. The van der Waals surface area contributed by atoms with Gasteiger partial charge in [-0.25, -0.2) is 0 Å². The lowest BCUT2D eigenvalue weighted by atomic mass is 9.91. The molecule has 0 saturated heterocycles. The third kappa shape index (κ3) is 3.42. The fourth-order valence-corrected chi connectivity index (χ4v) is 2.57. The molecule has 0 saturated carbocycles. The molecule has 0 amide bonds. The Balaban J connectivity index is 2.70. The van der Waals surface area contributed by atoms with Crippen LogP contribution in [0.5, 0.6) is 11.5 Å². The molecule has 124 valence electrons. The molecule has 0 fully saturated rings. The van der Waals surface area contributed by atoms with Crippen LogP contribution in [-0.4, -0.2) is 20.9 Å². The number of phenols is 2. The smallest absolute Gasteiger partial charge is 0.131 e. The highest BCUT2D eigenvalue weighted by Gasteiger charge is 2.19. The summed E-state index contributed by atoms with van der Waals surface area (Å²) >= 11 is 0. The topological polar surface area (TPSA) is 84.5 Å². The first kappa shape index (κ1) is 17.6. The summed E-state index contributed by atoms with van der Waals surface area (Å²) in [5.41, 5.74) is 2.27. The van der Waals surface area contributed by atoms with E-state index >= 15 is 0 Å². The van der Waals surface area contributed by atoms with E-state index in [9.17, 15) is 15.3 Å². The van der Waals surface area contributed by atoms with Gasteiger partial charge in [0.05, 0.1) is 17.2 Å². The number of nitrogens with zero attached hydrogens (tertiary/aromatic N) is 1. The van der Waals surface area contributed by atoms with Crippen LogP contribution in [0.3, 0.4) is 0 Å². The SMILES string of the molecule is Cc1c(O)c(C)c(-c2ccc(C#N)cc2)c(O)c1C=CC(C)(C)O. The number of nitriles is 1. The van der Waals surface area contributed by atoms with E-state index < -0.39 is 5.60 Å². The van der Waals surface area contributed by atoms with Crippen molar-refractivity contribution in [2.24, 2.45) is 0 Å². The Hall–Kier alpha value is -2.77. The van der Waals surface area contributed by atoms with Gasteiger partial charge in [-0.2, -0.15) is 5.26 Å². The summed E-state index contributed by atoms with van der Waals surface area (Å²) in [6.45, 7) is 6.71. The summed E-state index contributed by atoms with van der Waals surface area (Å²) < 4.78 is 0. The first-order chi connectivity index (χ1) is 11.2. The number of aromatic hydroxyl groups is 2. The maximum atomic E-state index is 10.7. The predicted octanol–water partition coefficient (Wildman–Crippen LogP) is 4.04. The molecule has 4 heteroatoms. The number of hydrogen-bond donors (Lipinski definition) is 3. The van der Waals surface area contributed by atoms with Crippen molar-refractivity contribution in [2.75, 3.05) is 0 Å². The van der Waals surface area contributed by atoms with E-state index in [1.165, 1.54) is 0 Å². The third-order valence-electron chi connectivity index (χ3n) is 3.94. The monoisotopic (exact) mass is 323 g/mol. The van der Waals surface area contributed by atoms with Crippen LogP contribution < -0.4 is 0 Å². The molecule has 0 atom stereocenters. The van der Waals surface area contributed by atoms with Crippen molar-refractivity contribution in [3.63, 3.8) is 0 Å². The van der Waals surface area contributed by atoms with Crippen molar-refractivity contribution < 1.29 is 15.3 Å². The van der Waals surface area contributed by atoms with E-state index in [1.807, 2.05) is 0 Å². The van der Waals surface area contributed by atoms with Gasteiger partial charge >= 0.3 is 0 Å². The molecule has 0 aliphatic heterocycles. The van der Waals surface area contributed by atoms with Crippen molar-refractivity contribution in [3.05, 3.63) is 52.6 Å². The highest BCUT2D eigenvalue weighted by molar-refractivity contribution is 5.83. The van der Waals surface area contributed by atoms with Gasteiger partial charge in [0.25, 0.3) is 0 Å². The van der Waals surface area contributed by atoms with E-state index in [2.05, 4.69) is 6.07 Å². The van der Waals surface area contributed by atoms with Crippen LogP contribution in [0.2, 0.25) is 0 Å². The molecule has 2 aromatic rings. The van der Waals surface area contributed by atoms with Crippen LogP contribution in [0.15, 0.2) is 30.3 Å². The van der Waals surface area contributed by atoms with Gasteiger partial charge in [0.15, 0.2) is 0 Å². The number of rotatable bonds is 3. The summed E-state index contributed by atoms with van der Waals surface area (Å²) in [6.07, 6.45) is 3.17. The van der Waals surface area contributed by atoms with E-state index in [4.69, 9.17) is 5.26 Å². The van der Waals surface area contributed by atoms with E-state index in [-0.39, 0.29) is 11.5 Å². The van der Waals surface area contributed by atoms with Gasteiger partial charge in [-0.1, -0.05) is 24.3 Å². The van der Waals surface area contributed by atoms with E-state index in [0.717, 1.165) is 0 Å². The first-order valence-electron chi connectivity index (χ1n) is 7.63. The molecular weight excluding hydrogens is 302 g/mol. The number of phenolic OH excluding ortho intramolecular Hbond substituents is 2. The molecule has 0 radical (unpaired) electrons. The lowest BCUT2D eigenvalue weighted by Crippen LogP contribution is -2.13. The van der Waals surface area contributed by atoms with Gasteiger partial charge in [-0.15, -0.1) is 0 Å². The number of benzene rings is 2. The summed E-state index contributed by atoms with van der Waals surface area (Å²) in [6, 6.07) is 8.85. The molecule has 0 heterocycles. The molecule has 3 N–H and O–H groups in total. The van der Waals surface area contributed by atoms with Crippen LogP contribution in [-0.2, 0) is 0 Å². The standard InChI is InChI=1S/C20H21NO3/c1-12-16(9-10-20(3,4)24)19(23)17(13(2)18(12)22)15-7-5-14(11-21)6-8-15/h5-10,22-24H,1-4H3. The van der Waals surface area contributed by atoms with Crippen molar-refractivity contribution in [3.8, 4) is 28.7 Å². The quantitative estimate of drug-likeness (QED) is 0.744. The minimum absolute atomic E-state index is 0.0352. The zero-order chi connectivity index (χ0) is 18.1. The van der Waals surface area contributed by atoms with Crippen molar-refractivity contribution in [2.45, 2.75) is 33.3 Å². The number of aliphatic hydroxyl groups is 1. The van der Waals surface area contributed by atoms with Crippen molar-refractivity contribution in [1.29, 1.82) is 5.26 Å². The molecule has 0 aliphatic carbocycles. The van der Waals surface area contributed by atoms with Gasteiger partial charge in [-0.05, 0) is 45.4 Å². The maximum absolute atomic E-state index is 10.7. The summed E-state index contributed by atoms with van der Waals surface area (Å²) in [5.74, 6) is 0.135. The van der Waals surface area contributed by atoms with E-state index in [1.54, 1.807) is 64.1 Å². The van der Waals surface area contributed by atoms with Gasteiger partial charge in [-0.3, -0.25) is 0 Å². The molecule has 2 aromatic carbocycles. The predicted molar refractivity (Wildman–Crippen MR) is 94.7 cm³/mol. The van der Waals surface area contributed by atoms with Crippen LogP contribution in [0.1, 0.15) is 36.1 Å². The van der Waals surface area contributed by atoms with Gasteiger partial charge < -0.3 is 15.3 Å². The van der Waals surface area contributed by atoms with Gasteiger partial charge in [0.2, 0.25) is 0 Å². The number of hydrogen-bond acceptors (Lipinski definition) is 4. The Kier molecular flexibility index (Phi) is 4.68. The fourth-order valence-electron chi connectivity index (χ4n) is 2.57. The normalized spacial score (nSPS) is 11.7. The van der Waals surface area contributed by atoms with Crippen LogP contribution in [0, 0.1) is 25.2 Å². The lowest BCUT2D eigenvalue weighted by Gasteiger charge is -2.17. The average molecular weight is 323 g/mol. The molecule has 24 heavy (non-hydrogen) atoms. The molecule has 0 aromatic heterocycles. The van der Waals surface area contributed by atoms with Crippen LogP contribution in [0.25, 0.3) is 17.2 Å². The maximum Gasteiger partial charge on any atom is 0.131 e. The van der Waals surface area contributed by atoms with E-state index in [0.29, 0.717) is 33.4 Å². The Bertz CT molecular complexity index is 835. The Morgan fingerprint density at radius 1 is 1.00 bits per heavy atom. The zero-order valence-corrected chi connectivity index (χ0v) is 14.3. The molecule has 0 aliphatic rings. The highest BCUT2D eigenvalue weighted by atomic mass is 16.3. The van der Waals surface area contributed by atoms with Gasteiger partial charge in [0.1, 0.15) is 11.5 Å². The highest BCUT2D eigenvalue weighted by Crippen LogP contribution is 2.43. The van der Waals surface area contributed by atoms with Crippen molar-refractivity contribution >= 4 is 6.08 Å². The lowest BCUT2D eigenvalue weighted by molar-refractivity contribution is 0.134. The Morgan fingerprint density at radius 2 is 1.58 bits per heavy atom. The van der Waals surface area contributed by atoms with Crippen molar-refractivity contribution in [1.82, 2.24) is 0 Å². The minimum Gasteiger partial charge on any atom is -0.507 e. The molecule has 0 unspecified atom stereocenters. The zero-order valence-electron chi connectivity index (χ0n) is 14.3. The third-order valence-corrected chi connectivity index (χ3v) is 3.94. The summed E-state index contributed by atoms with van der Waals surface area (Å²) in [7, 11) is 0. The second-order valence-corrected chi connectivity index (χ2v) is 6.41. The van der Waals surface area contributed by atoms with Crippen LogP contribution >= 0.6 is 0 Å². The largest absolute Gasteiger partial charge is 0.507 e. The second kappa shape index (κ2) is 6.38. The molecule has 4 nitrogen and oxygen atoms in total. The Labute approximate surface area is 141 Å². The molecule has 0 bridgehead atoms. The molecular formula is C20H21NO3. The molecule has 2 rings (SSSR count). The van der Waals surface area contributed by atoms with Gasteiger partial charge in [0, 0.05) is 22.3 Å². The van der Waals surface area contributed by atoms with Crippen LogP contribution in [0.4, 0.5) is 0 Å². The summed E-state index contributed by atoms with van der Waals surface area (Å²) in [5, 5.41) is 39.9. The summed E-state index contributed by atoms with van der Waals surface area (Å²) in [4.78, 5) is 0. The minimum atomic E-state index is -1.03. The Morgan fingerprint density at radius 3 is 2.08 bits per heavy atom. The second-order valence-electron chi connectivity index (χ2n) is 6.41. The first-order valence-corrected chi connectivity index (χ1v) is 7.63. The molecule has 0 spiro atoms.